The zero-order chi connectivity index (χ0) is 17.2. The number of benzene rings is 2. The Morgan fingerprint density at radius 2 is 2.04 bits per heavy atom. The Morgan fingerprint density at radius 1 is 1.16 bits per heavy atom. The van der Waals surface area contributed by atoms with Gasteiger partial charge in [-0.3, -0.25) is 9.69 Å². The lowest BCUT2D eigenvalue weighted by molar-refractivity contribution is -0.115. The average molecular weight is 334 g/mol. The van der Waals surface area contributed by atoms with E-state index in [0.717, 1.165) is 22.2 Å². The van der Waals surface area contributed by atoms with Crippen molar-refractivity contribution < 1.29 is 9.59 Å². The molecule has 3 aromatic rings. The van der Waals surface area contributed by atoms with Gasteiger partial charge in [0.25, 0.3) is 0 Å². The number of aromatic amines is 1. The molecule has 0 radical (unpaired) electrons. The van der Waals surface area contributed by atoms with Crippen molar-refractivity contribution in [2.75, 3.05) is 23.3 Å². The molecule has 2 heterocycles. The second kappa shape index (κ2) is 6.32. The van der Waals surface area contributed by atoms with Crippen molar-refractivity contribution in [2.24, 2.45) is 0 Å². The van der Waals surface area contributed by atoms with Crippen LogP contribution in [0.2, 0.25) is 0 Å². The smallest absolute Gasteiger partial charge is 0.321 e. The summed E-state index contributed by atoms with van der Waals surface area (Å²) in [6.07, 6.45) is 2.16. The molecule has 126 valence electrons. The fourth-order valence-corrected chi connectivity index (χ4v) is 3.13. The Hall–Kier alpha value is -3.28. The molecule has 4 rings (SSSR count). The molecule has 25 heavy (non-hydrogen) atoms. The van der Waals surface area contributed by atoms with Crippen LogP contribution < -0.4 is 15.5 Å². The molecule has 1 aliphatic heterocycles. The van der Waals surface area contributed by atoms with Crippen molar-refractivity contribution in [2.45, 2.75) is 6.42 Å². The van der Waals surface area contributed by atoms with Gasteiger partial charge in [-0.25, -0.2) is 4.79 Å². The van der Waals surface area contributed by atoms with Crippen molar-refractivity contribution >= 4 is 34.2 Å². The van der Waals surface area contributed by atoms with Crippen LogP contribution in [-0.4, -0.2) is 30.0 Å². The largest absolute Gasteiger partial charge is 0.361 e. The number of amides is 3. The molecule has 1 aromatic heterocycles. The second-order valence-corrected chi connectivity index (χ2v) is 6.02. The van der Waals surface area contributed by atoms with Gasteiger partial charge in [-0.1, -0.05) is 24.3 Å². The number of urea groups is 1. The fraction of sp³-hybridized carbons (Fsp3) is 0.158. The first-order chi connectivity index (χ1) is 12.2. The van der Waals surface area contributed by atoms with E-state index in [1.165, 1.54) is 0 Å². The summed E-state index contributed by atoms with van der Waals surface area (Å²) in [5, 5.41) is 6.74. The van der Waals surface area contributed by atoms with Gasteiger partial charge in [-0.15, -0.1) is 0 Å². The lowest BCUT2D eigenvalue weighted by Crippen LogP contribution is -2.27. The highest BCUT2D eigenvalue weighted by atomic mass is 16.2. The van der Waals surface area contributed by atoms with E-state index in [9.17, 15) is 9.59 Å². The number of hydrogen-bond donors (Lipinski definition) is 3. The molecule has 1 saturated heterocycles. The number of carbonyl (C=O) groups is 2. The quantitative estimate of drug-likeness (QED) is 0.686. The third-order valence-electron chi connectivity index (χ3n) is 4.32. The van der Waals surface area contributed by atoms with Crippen LogP contribution in [0.5, 0.6) is 0 Å². The van der Waals surface area contributed by atoms with Crippen molar-refractivity contribution in [3.63, 3.8) is 0 Å². The van der Waals surface area contributed by atoms with Crippen LogP contribution in [0, 0.1) is 0 Å². The highest BCUT2D eigenvalue weighted by molar-refractivity contribution is 5.98. The van der Waals surface area contributed by atoms with E-state index in [4.69, 9.17) is 0 Å². The summed E-state index contributed by atoms with van der Waals surface area (Å²) < 4.78 is 0. The Labute approximate surface area is 144 Å². The average Bonchev–Trinajstić information content (AvgIpc) is 3.22. The standard InChI is InChI=1S/C19H18N4O2/c24-18(10-13-12-21-17-7-2-1-6-16(13)17)22-14-4-3-5-15(11-14)23-9-8-20-19(23)25/h1-7,11-12,21H,8-10H2,(H,20,25)(H,22,24). The SMILES string of the molecule is O=C(Cc1c[nH]c2ccccc12)Nc1cccc(N2CCNC2=O)c1. The highest BCUT2D eigenvalue weighted by Crippen LogP contribution is 2.22. The first-order valence-electron chi connectivity index (χ1n) is 8.21. The van der Waals surface area contributed by atoms with Gasteiger partial charge in [0.15, 0.2) is 0 Å². The third kappa shape index (κ3) is 3.06. The zero-order valence-electron chi connectivity index (χ0n) is 13.6. The molecule has 0 aliphatic carbocycles. The molecule has 1 aliphatic rings. The molecule has 0 bridgehead atoms. The van der Waals surface area contributed by atoms with Gasteiger partial charge >= 0.3 is 6.03 Å². The summed E-state index contributed by atoms with van der Waals surface area (Å²) in [4.78, 5) is 29.0. The molecule has 0 spiro atoms. The number of fused-ring (bicyclic) bond motifs is 1. The normalized spacial score (nSPS) is 13.9. The Morgan fingerprint density at radius 3 is 2.88 bits per heavy atom. The van der Waals surface area contributed by atoms with Gasteiger partial charge < -0.3 is 15.6 Å². The Bertz CT molecular complexity index is 947. The van der Waals surface area contributed by atoms with Crippen LogP contribution in [0.3, 0.4) is 0 Å². The summed E-state index contributed by atoms with van der Waals surface area (Å²) in [5.41, 5.74) is 3.44. The Balaban J connectivity index is 1.48. The monoisotopic (exact) mass is 334 g/mol. The number of para-hydroxylation sites is 1. The van der Waals surface area contributed by atoms with E-state index in [0.29, 0.717) is 25.2 Å². The summed E-state index contributed by atoms with van der Waals surface area (Å²) in [5.74, 6) is -0.0900. The van der Waals surface area contributed by atoms with E-state index >= 15 is 0 Å². The topological polar surface area (TPSA) is 77.2 Å². The van der Waals surface area contributed by atoms with Crippen LogP contribution >= 0.6 is 0 Å². The van der Waals surface area contributed by atoms with E-state index in [2.05, 4.69) is 15.6 Å². The van der Waals surface area contributed by atoms with Crippen LogP contribution in [0.1, 0.15) is 5.56 Å². The molecular formula is C19H18N4O2. The molecule has 0 atom stereocenters. The van der Waals surface area contributed by atoms with Gasteiger partial charge in [0.1, 0.15) is 0 Å². The molecule has 6 heteroatoms. The van der Waals surface area contributed by atoms with E-state index in [-0.39, 0.29) is 11.9 Å². The number of hydrogen-bond acceptors (Lipinski definition) is 2. The van der Waals surface area contributed by atoms with Gasteiger partial charge in [-0.05, 0) is 29.8 Å². The maximum absolute atomic E-state index is 12.4. The number of aromatic nitrogens is 1. The maximum atomic E-state index is 12.4. The van der Waals surface area contributed by atoms with Crippen molar-refractivity contribution in [1.82, 2.24) is 10.3 Å². The van der Waals surface area contributed by atoms with Crippen molar-refractivity contribution in [3.05, 3.63) is 60.3 Å². The first-order valence-corrected chi connectivity index (χ1v) is 8.21. The number of rotatable bonds is 4. The lowest BCUT2D eigenvalue weighted by atomic mass is 10.1. The minimum Gasteiger partial charge on any atom is -0.361 e. The van der Waals surface area contributed by atoms with Crippen molar-refractivity contribution in [1.29, 1.82) is 0 Å². The molecule has 0 saturated carbocycles. The molecule has 3 N–H and O–H groups in total. The van der Waals surface area contributed by atoms with Gasteiger partial charge in [0.05, 0.1) is 6.42 Å². The maximum Gasteiger partial charge on any atom is 0.321 e. The second-order valence-electron chi connectivity index (χ2n) is 6.02. The summed E-state index contributed by atoms with van der Waals surface area (Å²) in [6, 6.07) is 15.1. The van der Waals surface area contributed by atoms with Crippen molar-refractivity contribution in [3.8, 4) is 0 Å². The highest BCUT2D eigenvalue weighted by Gasteiger charge is 2.21. The van der Waals surface area contributed by atoms with Crippen LogP contribution in [0.15, 0.2) is 54.7 Å². The molecule has 0 unspecified atom stereocenters. The predicted octanol–water partition coefficient (Wildman–Crippen LogP) is 2.88. The number of nitrogens with zero attached hydrogens (tertiary/aromatic N) is 1. The number of nitrogens with one attached hydrogen (secondary N) is 3. The minimum absolute atomic E-state index is 0.0900. The van der Waals surface area contributed by atoms with E-state index in [1.54, 1.807) is 4.90 Å². The van der Waals surface area contributed by atoms with E-state index in [1.807, 2.05) is 54.7 Å². The Kier molecular flexibility index (Phi) is 3.85. The minimum atomic E-state index is -0.109. The van der Waals surface area contributed by atoms with Crippen LogP contribution in [0.4, 0.5) is 16.2 Å². The fourth-order valence-electron chi connectivity index (χ4n) is 3.13. The van der Waals surface area contributed by atoms with Gasteiger partial charge in [0.2, 0.25) is 5.91 Å². The summed E-state index contributed by atoms with van der Waals surface area (Å²) in [6.45, 7) is 1.27. The molecule has 6 nitrogen and oxygen atoms in total. The molecule has 3 amide bonds. The summed E-state index contributed by atoms with van der Waals surface area (Å²) >= 11 is 0. The predicted molar refractivity (Wildman–Crippen MR) is 97.8 cm³/mol. The molecule has 2 aromatic carbocycles. The molecular weight excluding hydrogens is 316 g/mol. The number of anilines is 2. The zero-order valence-corrected chi connectivity index (χ0v) is 13.6. The van der Waals surface area contributed by atoms with Crippen LogP contribution in [-0.2, 0) is 11.2 Å². The third-order valence-corrected chi connectivity index (χ3v) is 4.32. The van der Waals surface area contributed by atoms with Gasteiger partial charge in [0, 0.05) is 41.6 Å². The number of carbonyl (C=O) groups excluding carboxylic acids is 2. The first kappa shape index (κ1) is 15.3. The lowest BCUT2D eigenvalue weighted by Gasteiger charge is -2.15. The summed E-state index contributed by atoms with van der Waals surface area (Å²) in [7, 11) is 0. The molecule has 1 fully saturated rings. The van der Waals surface area contributed by atoms with E-state index < -0.39 is 0 Å². The van der Waals surface area contributed by atoms with Crippen LogP contribution in [0.25, 0.3) is 10.9 Å². The number of H-pyrrole nitrogens is 1. The van der Waals surface area contributed by atoms with Gasteiger partial charge in [-0.2, -0.15) is 0 Å².